The van der Waals surface area contributed by atoms with Crippen molar-refractivity contribution in [2.45, 2.75) is 52.0 Å². The van der Waals surface area contributed by atoms with Gasteiger partial charge in [-0.05, 0) is 44.4 Å². The van der Waals surface area contributed by atoms with Crippen LogP contribution in [0.15, 0.2) is 28.7 Å². The number of carbonyl (C=O) groups is 1. The Bertz CT molecular complexity index is 641. The van der Waals surface area contributed by atoms with Crippen molar-refractivity contribution in [2.75, 3.05) is 5.75 Å². The average Bonchev–Trinajstić information content (AvgIpc) is 2.45. The van der Waals surface area contributed by atoms with Crippen LogP contribution in [0.5, 0.6) is 0 Å². The van der Waals surface area contributed by atoms with E-state index in [4.69, 9.17) is 4.74 Å². The average molecular weight is 420 g/mol. The molecular weight excluding hydrogens is 394 g/mol. The van der Waals surface area contributed by atoms with Gasteiger partial charge in [-0.2, -0.15) is 0 Å². The first-order chi connectivity index (χ1) is 11.0. The predicted octanol–water partition coefficient (Wildman–Crippen LogP) is 4.08. The molecule has 5 nitrogen and oxygen atoms in total. The molecule has 0 aliphatic rings. The normalized spacial score (nSPS) is 14.5. The fraction of sp³-hybridized carbons (Fsp3) is 0.588. The smallest absolute Gasteiger partial charge is 0.407 e. The summed E-state index contributed by atoms with van der Waals surface area (Å²) in [5.74, 6) is -0.161. The molecule has 0 unspecified atom stereocenters. The first-order valence-corrected chi connectivity index (χ1v) is 10.5. The lowest BCUT2D eigenvalue weighted by Crippen LogP contribution is -2.44. The Kier molecular flexibility index (Phi) is 7.73. The molecule has 24 heavy (non-hydrogen) atoms. The lowest BCUT2D eigenvalue weighted by molar-refractivity contribution is 0.111. The summed E-state index contributed by atoms with van der Waals surface area (Å²) in [7, 11) is -3.43. The van der Waals surface area contributed by atoms with Crippen LogP contribution in [0.1, 0.15) is 45.4 Å². The number of sulfone groups is 1. The number of amides is 1. The van der Waals surface area contributed by atoms with Crippen LogP contribution in [-0.4, -0.2) is 32.4 Å². The molecule has 0 aromatic heterocycles. The summed E-state index contributed by atoms with van der Waals surface area (Å²) in [6, 6.07) is 6.71. The summed E-state index contributed by atoms with van der Waals surface area (Å²) >= 11 is 3.34. The Morgan fingerprint density at radius 1 is 1.12 bits per heavy atom. The van der Waals surface area contributed by atoms with Gasteiger partial charge in [0.2, 0.25) is 0 Å². The van der Waals surface area contributed by atoms with E-state index in [9.17, 15) is 13.2 Å². The molecule has 1 rings (SSSR count). The van der Waals surface area contributed by atoms with Gasteiger partial charge in [0.05, 0.1) is 17.1 Å². The van der Waals surface area contributed by atoms with Crippen molar-refractivity contribution in [1.82, 2.24) is 5.32 Å². The Labute approximate surface area is 153 Å². The summed E-state index contributed by atoms with van der Waals surface area (Å²) in [6.07, 6.45) is -0.841. The Morgan fingerprint density at radius 3 is 2.12 bits per heavy atom. The molecule has 1 aromatic carbocycles. The molecule has 0 fully saturated rings. The molecule has 0 bridgehead atoms. The van der Waals surface area contributed by atoms with Crippen LogP contribution in [0, 0.1) is 5.92 Å². The third kappa shape index (κ3) is 6.43. The van der Waals surface area contributed by atoms with Gasteiger partial charge < -0.3 is 10.1 Å². The van der Waals surface area contributed by atoms with Crippen molar-refractivity contribution >= 4 is 31.9 Å². The van der Waals surface area contributed by atoms with Crippen molar-refractivity contribution in [3.63, 3.8) is 0 Å². The number of rotatable bonds is 7. The van der Waals surface area contributed by atoms with E-state index in [0.29, 0.717) is 0 Å². The highest BCUT2D eigenvalue weighted by molar-refractivity contribution is 9.10. The number of halogens is 1. The topological polar surface area (TPSA) is 72.5 Å². The van der Waals surface area contributed by atoms with Gasteiger partial charge in [-0.15, -0.1) is 0 Å². The predicted molar refractivity (Wildman–Crippen MR) is 99.7 cm³/mol. The zero-order valence-electron chi connectivity index (χ0n) is 14.7. The zero-order valence-corrected chi connectivity index (χ0v) is 17.1. The van der Waals surface area contributed by atoms with Crippen molar-refractivity contribution in [3.8, 4) is 0 Å². The highest BCUT2D eigenvalue weighted by Gasteiger charge is 2.29. The lowest BCUT2D eigenvalue weighted by atomic mass is 10.1. The fourth-order valence-corrected chi connectivity index (χ4v) is 4.23. The van der Waals surface area contributed by atoms with Gasteiger partial charge >= 0.3 is 6.09 Å². The monoisotopic (exact) mass is 419 g/mol. The zero-order chi connectivity index (χ0) is 18.5. The molecule has 7 heteroatoms. The molecule has 0 aliphatic heterocycles. The SMILES string of the molecule is CC(C)OC(=O)N[C@H](CS(=O)(=O)[C@@H](C)c1ccc(Br)cc1)C(C)C. The minimum Gasteiger partial charge on any atom is -0.447 e. The van der Waals surface area contributed by atoms with Crippen LogP contribution in [0.4, 0.5) is 4.79 Å². The Hall–Kier alpha value is -1.08. The van der Waals surface area contributed by atoms with Crippen molar-refractivity contribution in [1.29, 1.82) is 0 Å². The number of nitrogens with one attached hydrogen (secondary N) is 1. The maximum Gasteiger partial charge on any atom is 0.407 e. The first-order valence-electron chi connectivity index (χ1n) is 7.97. The summed E-state index contributed by atoms with van der Waals surface area (Å²) in [5.41, 5.74) is 0.727. The van der Waals surface area contributed by atoms with Crippen LogP contribution in [0.3, 0.4) is 0 Å². The van der Waals surface area contributed by atoms with Gasteiger partial charge in [0.25, 0.3) is 0 Å². The number of hydrogen-bond acceptors (Lipinski definition) is 4. The van der Waals surface area contributed by atoms with Crippen molar-refractivity contribution < 1.29 is 17.9 Å². The largest absolute Gasteiger partial charge is 0.447 e. The number of hydrogen-bond donors (Lipinski definition) is 1. The summed E-state index contributed by atoms with van der Waals surface area (Å²) < 4.78 is 31.4. The van der Waals surface area contributed by atoms with Crippen molar-refractivity contribution in [3.05, 3.63) is 34.3 Å². The second-order valence-corrected chi connectivity index (χ2v) is 9.75. The highest BCUT2D eigenvalue weighted by Crippen LogP contribution is 2.25. The van der Waals surface area contributed by atoms with Crippen LogP contribution >= 0.6 is 15.9 Å². The standard InChI is InChI=1S/C17H26BrNO4S/c1-11(2)16(19-17(20)23-12(3)4)10-24(21,22)13(5)14-6-8-15(18)9-7-14/h6-9,11-13,16H,10H2,1-5H3,(H,19,20)/t13-,16+/m0/s1. The number of alkyl carbamates (subject to hydrolysis) is 1. The molecule has 0 saturated heterocycles. The van der Waals surface area contributed by atoms with Gasteiger partial charge in [0.1, 0.15) is 0 Å². The number of benzene rings is 1. The third-order valence-electron chi connectivity index (χ3n) is 3.74. The van der Waals surface area contributed by atoms with E-state index >= 15 is 0 Å². The van der Waals surface area contributed by atoms with Crippen molar-refractivity contribution in [2.24, 2.45) is 5.92 Å². The first kappa shape index (κ1) is 21.0. The van der Waals surface area contributed by atoms with E-state index in [0.717, 1.165) is 10.0 Å². The second-order valence-electron chi connectivity index (χ2n) is 6.47. The number of carbonyl (C=O) groups excluding carboxylic acids is 1. The van der Waals surface area contributed by atoms with Gasteiger partial charge in [-0.25, -0.2) is 13.2 Å². The molecule has 0 radical (unpaired) electrons. The van der Waals surface area contributed by atoms with E-state index < -0.39 is 27.2 Å². The van der Waals surface area contributed by atoms with E-state index in [-0.39, 0.29) is 17.8 Å². The molecule has 0 saturated carbocycles. The minimum absolute atomic E-state index is 0.0309. The lowest BCUT2D eigenvalue weighted by Gasteiger charge is -2.24. The molecule has 0 aliphatic carbocycles. The summed E-state index contributed by atoms with van der Waals surface area (Å²) in [4.78, 5) is 11.8. The molecule has 1 amide bonds. The highest BCUT2D eigenvalue weighted by atomic mass is 79.9. The van der Waals surface area contributed by atoms with E-state index in [1.165, 1.54) is 0 Å². The quantitative estimate of drug-likeness (QED) is 0.722. The molecule has 2 atom stereocenters. The summed E-state index contributed by atoms with van der Waals surface area (Å²) in [6.45, 7) is 8.91. The Balaban J connectivity index is 2.87. The van der Waals surface area contributed by atoms with Crippen LogP contribution < -0.4 is 5.32 Å². The summed E-state index contributed by atoms with van der Waals surface area (Å²) in [5, 5.41) is 2.03. The van der Waals surface area contributed by atoms with Gasteiger partial charge in [-0.1, -0.05) is 41.9 Å². The number of ether oxygens (including phenoxy) is 1. The molecule has 1 aromatic rings. The Morgan fingerprint density at radius 2 is 1.67 bits per heavy atom. The molecule has 0 heterocycles. The molecular formula is C17H26BrNO4S. The van der Waals surface area contributed by atoms with E-state index in [1.807, 2.05) is 26.0 Å². The molecule has 0 spiro atoms. The maximum atomic E-state index is 12.7. The third-order valence-corrected chi connectivity index (χ3v) is 6.44. The van der Waals surface area contributed by atoms with Gasteiger partial charge in [0, 0.05) is 10.5 Å². The van der Waals surface area contributed by atoms with E-state index in [1.54, 1.807) is 32.9 Å². The maximum absolute atomic E-state index is 12.7. The minimum atomic E-state index is -3.43. The second kappa shape index (κ2) is 8.85. The van der Waals surface area contributed by atoms with Crippen LogP contribution in [-0.2, 0) is 14.6 Å². The molecule has 136 valence electrons. The van der Waals surface area contributed by atoms with Gasteiger partial charge in [0.15, 0.2) is 9.84 Å². The van der Waals surface area contributed by atoms with E-state index in [2.05, 4.69) is 21.2 Å². The fourth-order valence-electron chi connectivity index (χ4n) is 2.14. The van der Waals surface area contributed by atoms with Crippen LogP contribution in [0.2, 0.25) is 0 Å². The van der Waals surface area contributed by atoms with Gasteiger partial charge in [-0.3, -0.25) is 0 Å². The molecule has 1 N–H and O–H groups in total. The van der Waals surface area contributed by atoms with Crippen LogP contribution in [0.25, 0.3) is 0 Å².